The van der Waals surface area contributed by atoms with Crippen molar-refractivity contribution in [3.8, 4) is 0 Å². The molecular formula is C23H30N4O2. The Morgan fingerprint density at radius 2 is 1.97 bits per heavy atom. The van der Waals surface area contributed by atoms with Crippen LogP contribution >= 0.6 is 0 Å². The molecule has 1 saturated carbocycles. The Hall–Kier alpha value is -2.21. The molecule has 2 aliphatic heterocycles. The maximum Gasteiger partial charge on any atom is 0.230 e. The molecule has 6 heteroatoms. The quantitative estimate of drug-likeness (QED) is 0.773. The number of rotatable bonds is 5. The summed E-state index contributed by atoms with van der Waals surface area (Å²) in [6, 6.07) is 8.04. The monoisotopic (exact) mass is 394 g/mol. The summed E-state index contributed by atoms with van der Waals surface area (Å²) in [5.74, 6) is 1.81. The maximum absolute atomic E-state index is 13.2. The fourth-order valence-corrected chi connectivity index (χ4v) is 5.42. The summed E-state index contributed by atoms with van der Waals surface area (Å²) in [5, 5.41) is 4.36. The number of likely N-dealkylation sites (tertiary alicyclic amines) is 2. The molecule has 5 rings (SSSR count). The van der Waals surface area contributed by atoms with E-state index in [9.17, 15) is 4.79 Å². The Balaban J connectivity index is 1.19. The molecule has 3 fully saturated rings. The largest absolute Gasteiger partial charge is 0.360 e. The summed E-state index contributed by atoms with van der Waals surface area (Å²) >= 11 is 0. The number of aromatic nitrogens is 2. The molecule has 2 aromatic heterocycles. The number of hydrogen-bond donors (Lipinski definition) is 0. The van der Waals surface area contributed by atoms with Crippen LogP contribution in [-0.4, -0.2) is 45.5 Å². The van der Waals surface area contributed by atoms with E-state index in [1.807, 2.05) is 23.1 Å². The van der Waals surface area contributed by atoms with Gasteiger partial charge in [-0.1, -0.05) is 30.5 Å². The van der Waals surface area contributed by atoms with Crippen LogP contribution in [0.25, 0.3) is 0 Å². The third-order valence-electron chi connectivity index (χ3n) is 7.09. The van der Waals surface area contributed by atoms with Crippen LogP contribution in [0.1, 0.15) is 68.0 Å². The van der Waals surface area contributed by atoms with E-state index in [0.29, 0.717) is 18.4 Å². The first-order chi connectivity index (χ1) is 14.2. The molecule has 29 heavy (non-hydrogen) atoms. The minimum atomic E-state index is -0.221. The molecule has 1 amide bonds. The number of carbonyl (C=O) groups excluding carboxylic acids is 1. The Morgan fingerprint density at radius 1 is 1.10 bits per heavy atom. The zero-order valence-electron chi connectivity index (χ0n) is 17.1. The third-order valence-corrected chi connectivity index (χ3v) is 7.09. The van der Waals surface area contributed by atoms with Crippen molar-refractivity contribution in [3.63, 3.8) is 0 Å². The van der Waals surface area contributed by atoms with Gasteiger partial charge in [-0.05, 0) is 44.4 Å². The second-order valence-electron chi connectivity index (χ2n) is 9.09. The van der Waals surface area contributed by atoms with Crippen LogP contribution < -0.4 is 0 Å². The summed E-state index contributed by atoms with van der Waals surface area (Å²) in [6.45, 7) is 3.98. The summed E-state index contributed by atoms with van der Waals surface area (Å²) in [7, 11) is 0. The number of carbonyl (C=O) groups is 1. The second kappa shape index (κ2) is 7.90. The van der Waals surface area contributed by atoms with Crippen LogP contribution in [0.15, 0.2) is 35.0 Å². The zero-order valence-corrected chi connectivity index (χ0v) is 17.1. The highest BCUT2D eigenvalue weighted by molar-refractivity contribution is 5.85. The van der Waals surface area contributed by atoms with E-state index in [2.05, 4.69) is 21.1 Å². The van der Waals surface area contributed by atoms with Gasteiger partial charge in [-0.25, -0.2) is 0 Å². The highest BCUT2D eigenvalue weighted by Crippen LogP contribution is 2.41. The number of hydrogen-bond acceptors (Lipinski definition) is 5. The molecule has 2 saturated heterocycles. The maximum atomic E-state index is 13.2. The van der Waals surface area contributed by atoms with Crippen LogP contribution in [0.3, 0.4) is 0 Å². The Labute approximate surface area is 172 Å². The first-order valence-corrected chi connectivity index (χ1v) is 11.1. The lowest BCUT2D eigenvalue weighted by Crippen LogP contribution is -2.36. The van der Waals surface area contributed by atoms with Crippen LogP contribution in [0.5, 0.6) is 0 Å². The highest BCUT2D eigenvalue weighted by atomic mass is 16.5. The first-order valence-electron chi connectivity index (χ1n) is 11.1. The Morgan fingerprint density at radius 3 is 2.79 bits per heavy atom. The lowest BCUT2D eigenvalue weighted by molar-refractivity contribution is -0.136. The van der Waals surface area contributed by atoms with Gasteiger partial charge in [0, 0.05) is 31.3 Å². The van der Waals surface area contributed by atoms with Gasteiger partial charge in [-0.2, -0.15) is 0 Å². The smallest absolute Gasteiger partial charge is 0.230 e. The molecule has 0 N–H and O–H groups in total. The predicted octanol–water partition coefficient (Wildman–Crippen LogP) is 3.74. The molecule has 4 heterocycles. The normalized spacial score (nSPS) is 26.1. The average molecular weight is 395 g/mol. The predicted molar refractivity (Wildman–Crippen MR) is 109 cm³/mol. The van der Waals surface area contributed by atoms with Crippen molar-refractivity contribution in [2.24, 2.45) is 5.41 Å². The van der Waals surface area contributed by atoms with Gasteiger partial charge in [0.1, 0.15) is 0 Å². The second-order valence-corrected chi connectivity index (χ2v) is 9.09. The fraction of sp³-hybridized carbons (Fsp3) is 0.609. The van der Waals surface area contributed by atoms with Gasteiger partial charge in [-0.15, -0.1) is 0 Å². The molecule has 1 unspecified atom stereocenters. The number of amides is 1. The average Bonchev–Trinajstić information content (AvgIpc) is 3.47. The number of pyridine rings is 1. The van der Waals surface area contributed by atoms with Crippen molar-refractivity contribution in [1.82, 2.24) is 19.9 Å². The van der Waals surface area contributed by atoms with Gasteiger partial charge in [0.2, 0.25) is 5.91 Å². The van der Waals surface area contributed by atoms with Gasteiger partial charge in [0.05, 0.1) is 29.9 Å². The van der Waals surface area contributed by atoms with Crippen LogP contribution in [0.4, 0.5) is 0 Å². The molecule has 1 atom stereocenters. The van der Waals surface area contributed by atoms with E-state index in [1.54, 1.807) is 6.20 Å². The molecule has 0 bridgehead atoms. The van der Waals surface area contributed by atoms with Crippen molar-refractivity contribution < 1.29 is 9.32 Å². The molecule has 1 spiro atoms. The molecule has 1 aliphatic carbocycles. The van der Waals surface area contributed by atoms with Gasteiger partial charge in [0.25, 0.3) is 0 Å². The van der Waals surface area contributed by atoms with Gasteiger partial charge < -0.3 is 9.42 Å². The first kappa shape index (κ1) is 18.8. The van der Waals surface area contributed by atoms with Crippen LogP contribution in [0, 0.1) is 5.41 Å². The van der Waals surface area contributed by atoms with Crippen molar-refractivity contribution in [2.45, 2.75) is 64.0 Å². The van der Waals surface area contributed by atoms with Gasteiger partial charge in [-0.3, -0.25) is 14.7 Å². The van der Waals surface area contributed by atoms with Crippen LogP contribution in [0.2, 0.25) is 0 Å². The summed E-state index contributed by atoms with van der Waals surface area (Å²) in [5.41, 5.74) is 1.87. The minimum Gasteiger partial charge on any atom is -0.360 e. The van der Waals surface area contributed by atoms with E-state index in [0.717, 1.165) is 56.2 Å². The third kappa shape index (κ3) is 3.82. The van der Waals surface area contributed by atoms with E-state index >= 15 is 0 Å². The molecule has 154 valence electrons. The molecule has 0 radical (unpaired) electrons. The minimum absolute atomic E-state index is 0.221. The molecule has 2 aromatic rings. The molecule has 3 aliphatic rings. The van der Waals surface area contributed by atoms with E-state index in [4.69, 9.17) is 4.52 Å². The van der Waals surface area contributed by atoms with Crippen LogP contribution in [-0.2, 0) is 17.9 Å². The summed E-state index contributed by atoms with van der Waals surface area (Å²) in [6.07, 6.45) is 10.1. The van der Waals surface area contributed by atoms with Gasteiger partial charge in [0.15, 0.2) is 5.76 Å². The van der Waals surface area contributed by atoms with Gasteiger partial charge >= 0.3 is 0 Å². The van der Waals surface area contributed by atoms with Crippen molar-refractivity contribution in [1.29, 1.82) is 0 Å². The fourth-order valence-electron chi connectivity index (χ4n) is 5.42. The topological polar surface area (TPSA) is 62.5 Å². The highest BCUT2D eigenvalue weighted by Gasteiger charge is 2.50. The standard InChI is InChI=1S/C23H30N4O2/c28-22-23(10-13-27(22)15-19-8-4-5-11-24-19)9-12-26(17-23)16-20-14-21(25-29-20)18-6-2-1-3-7-18/h4-5,8,11,14,18H,1-3,6-7,9-10,12-13,15-17H2. The number of nitrogens with zero attached hydrogens (tertiary/aromatic N) is 4. The summed E-state index contributed by atoms with van der Waals surface area (Å²) < 4.78 is 5.66. The van der Waals surface area contributed by atoms with E-state index < -0.39 is 0 Å². The zero-order chi connectivity index (χ0) is 19.7. The molecule has 0 aromatic carbocycles. The van der Waals surface area contributed by atoms with Crippen molar-refractivity contribution >= 4 is 5.91 Å². The summed E-state index contributed by atoms with van der Waals surface area (Å²) in [4.78, 5) is 21.9. The van der Waals surface area contributed by atoms with Crippen molar-refractivity contribution in [2.75, 3.05) is 19.6 Å². The van der Waals surface area contributed by atoms with Crippen molar-refractivity contribution in [3.05, 3.63) is 47.6 Å². The van der Waals surface area contributed by atoms with E-state index in [1.165, 1.54) is 32.1 Å². The van der Waals surface area contributed by atoms with E-state index in [-0.39, 0.29) is 5.41 Å². The lowest BCUT2D eigenvalue weighted by Gasteiger charge is -2.23. The lowest BCUT2D eigenvalue weighted by atomic mass is 9.85. The SMILES string of the molecule is O=C1N(Cc2ccccn2)CCC12CCN(Cc1cc(C3CCCCC3)no1)C2. The molecule has 6 nitrogen and oxygen atoms in total. The Bertz CT molecular complexity index is 846. The molecular weight excluding hydrogens is 364 g/mol. The Kier molecular flexibility index (Phi) is 5.12.